The summed E-state index contributed by atoms with van der Waals surface area (Å²) in [4.78, 5) is 0. The first-order valence-corrected chi connectivity index (χ1v) is 5.70. The maximum Gasteiger partial charge on any atom is 0.177 e. The molecule has 0 aliphatic carbocycles. The minimum absolute atomic E-state index is 0.00710. The summed E-state index contributed by atoms with van der Waals surface area (Å²) < 4.78 is 1.51. The third-order valence-electron chi connectivity index (χ3n) is 2.56. The summed E-state index contributed by atoms with van der Waals surface area (Å²) in [5.74, 6) is 0.442. The Labute approximate surface area is 113 Å². The predicted molar refractivity (Wildman–Crippen MR) is 71.8 cm³/mol. The summed E-state index contributed by atoms with van der Waals surface area (Å²) in [5.41, 5.74) is 3.83. The van der Waals surface area contributed by atoms with Crippen LogP contribution in [0.15, 0.2) is 41.8 Å². The van der Waals surface area contributed by atoms with Crippen LogP contribution >= 0.6 is 0 Å². The zero-order chi connectivity index (χ0) is 13.9. The van der Waals surface area contributed by atoms with Crippen LogP contribution in [-0.2, 0) is 0 Å². The number of phenols is 2. The van der Waals surface area contributed by atoms with Gasteiger partial charge >= 0.3 is 0 Å². The van der Waals surface area contributed by atoms with E-state index in [1.54, 1.807) is 18.2 Å². The van der Waals surface area contributed by atoms with Gasteiger partial charge in [-0.15, -0.1) is 15.3 Å². The van der Waals surface area contributed by atoms with Crippen LogP contribution in [0.1, 0.15) is 5.56 Å². The van der Waals surface area contributed by atoms with Gasteiger partial charge in [-0.3, -0.25) is 5.43 Å². The van der Waals surface area contributed by atoms with Crippen LogP contribution < -0.4 is 5.43 Å². The summed E-state index contributed by atoms with van der Waals surface area (Å²) in [5, 5.41) is 34.4. The minimum Gasteiger partial charge on any atom is -0.508 e. The molecule has 0 atom stereocenters. The molecule has 20 heavy (non-hydrogen) atoms. The van der Waals surface area contributed by atoms with Crippen molar-refractivity contribution in [2.24, 2.45) is 5.10 Å². The lowest BCUT2D eigenvalue weighted by Gasteiger charge is -2.01. The number of aromatic hydroxyl groups is 2. The van der Waals surface area contributed by atoms with E-state index in [1.165, 1.54) is 29.2 Å². The van der Waals surface area contributed by atoms with Gasteiger partial charge in [0, 0.05) is 11.6 Å². The van der Waals surface area contributed by atoms with E-state index in [9.17, 15) is 10.2 Å². The normalized spacial score (nSPS) is 11.2. The molecule has 0 amide bonds. The largest absolute Gasteiger partial charge is 0.508 e. The van der Waals surface area contributed by atoms with E-state index in [1.807, 2.05) is 0 Å². The number of hydrazone groups is 1. The van der Waals surface area contributed by atoms with Crippen LogP contribution in [-0.4, -0.2) is 36.2 Å². The van der Waals surface area contributed by atoms with Gasteiger partial charge in [-0.2, -0.15) is 9.62 Å². The van der Waals surface area contributed by atoms with Gasteiger partial charge in [0.1, 0.15) is 17.8 Å². The van der Waals surface area contributed by atoms with Crippen LogP contribution in [0, 0.1) is 0 Å². The highest BCUT2D eigenvalue weighted by Crippen LogP contribution is 2.20. The van der Waals surface area contributed by atoms with E-state index >= 15 is 0 Å². The maximum absolute atomic E-state index is 9.59. The first kappa shape index (κ1) is 11.9. The number of hydrogen-bond donors (Lipinski definition) is 3. The third-order valence-corrected chi connectivity index (χ3v) is 2.56. The summed E-state index contributed by atoms with van der Waals surface area (Å²) in [6.45, 7) is 0. The first-order chi connectivity index (χ1) is 9.72. The highest BCUT2D eigenvalue weighted by molar-refractivity contribution is 5.84. The molecule has 3 N–H and O–H groups in total. The van der Waals surface area contributed by atoms with Crippen molar-refractivity contribution in [1.29, 1.82) is 0 Å². The molecule has 8 nitrogen and oxygen atoms in total. The van der Waals surface area contributed by atoms with Gasteiger partial charge in [0.2, 0.25) is 0 Å². The highest BCUT2D eigenvalue weighted by atomic mass is 16.3. The Morgan fingerprint density at radius 3 is 2.95 bits per heavy atom. The Hall–Kier alpha value is -3.16. The number of benzene rings is 1. The molecule has 0 spiro atoms. The number of aromatic nitrogens is 4. The summed E-state index contributed by atoms with van der Waals surface area (Å²) >= 11 is 0. The number of nitrogens with zero attached hydrogens (tertiary/aromatic N) is 5. The van der Waals surface area contributed by atoms with Crippen molar-refractivity contribution >= 4 is 17.7 Å². The van der Waals surface area contributed by atoms with Crippen molar-refractivity contribution in [3.05, 3.63) is 42.2 Å². The predicted octanol–water partition coefficient (Wildman–Crippen LogP) is 0.981. The second-order valence-electron chi connectivity index (χ2n) is 3.97. The van der Waals surface area contributed by atoms with E-state index in [0.29, 0.717) is 17.0 Å². The second-order valence-corrected chi connectivity index (χ2v) is 3.97. The molecule has 0 radical (unpaired) electrons. The number of nitrogens with one attached hydrogen (secondary N) is 1. The van der Waals surface area contributed by atoms with Gasteiger partial charge in [0.25, 0.3) is 0 Å². The van der Waals surface area contributed by atoms with Crippen LogP contribution in [0.3, 0.4) is 0 Å². The molecule has 100 valence electrons. The van der Waals surface area contributed by atoms with Gasteiger partial charge in [-0.05, 0) is 24.3 Å². The molecule has 0 saturated heterocycles. The quantitative estimate of drug-likeness (QED) is 0.483. The molecular formula is C12H10N6O2. The molecular weight excluding hydrogens is 260 g/mol. The summed E-state index contributed by atoms with van der Waals surface area (Å²) in [6, 6.07) is 7.70. The molecule has 8 heteroatoms. The Morgan fingerprint density at radius 2 is 2.10 bits per heavy atom. The fraction of sp³-hybridized carbons (Fsp3) is 0. The molecule has 2 heterocycles. The molecule has 0 saturated carbocycles. The Kier molecular flexibility index (Phi) is 2.88. The van der Waals surface area contributed by atoms with Gasteiger partial charge in [0.15, 0.2) is 11.5 Å². The molecule has 3 rings (SSSR count). The fourth-order valence-electron chi connectivity index (χ4n) is 1.60. The molecule has 0 fully saturated rings. The van der Waals surface area contributed by atoms with E-state index in [0.717, 1.165) is 0 Å². The molecule has 2 aromatic heterocycles. The highest BCUT2D eigenvalue weighted by Gasteiger charge is 2.00. The average Bonchev–Trinajstić information content (AvgIpc) is 2.89. The van der Waals surface area contributed by atoms with Crippen molar-refractivity contribution in [2.45, 2.75) is 0 Å². The zero-order valence-corrected chi connectivity index (χ0v) is 10.2. The maximum atomic E-state index is 9.59. The monoisotopic (exact) mass is 270 g/mol. The Bertz CT molecular complexity index is 782. The van der Waals surface area contributed by atoms with E-state index in [-0.39, 0.29) is 11.5 Å². The van der Waals surface area contributed by atoms with E-state index in [2.05, 4.69) is 25.8 Å². The lowest BCUT2D eigenvalue weighted by Crippen LogP contribution is -1.98. The number of phenolic OH excluding ortho intramolecular Hbond substituents is 2. The zero-order valence-electron chi connectivity index (χ0n) is 10.2. The molecule has 0 aliphatic heterocycles. The van der Waals surface area contributed by atoms with Crippen LogP contribution in [0.25, 0.3) is 5.65 Å². The molecule has 0 unspecified atom stereocenters. The van der Waals surface area contributed by atoms with Crippen molar-refractivity contribution < 1.29 is 10.2 Å². The van der Waals surface area contributed by atoms with Crippen molar-refractivity contribution in [3.63, 3.8) is 0 Å². The van der Waals surface area contributed by atoms with Gasteiger partial charge in [-0.25, -0.2) is 0 Å². The van der Waals surface area contributed by atoms with E-state index in [4.69, 9.17) is 0 Å². The lowest BCUT2D eigenvalue weighted by atomic mass is 10.2. The third kappa shape index (κ3) is 2.34. The first-order valence-electron chi connectivity index (χ1n) is 5.70. The van der Waals surface area contributed by atoms with Gasteiger partial charge in [0.05, 0.1) is 6.21 Å². The lowest BCUT2D eigenvalue weighted by molar-refractivity contribution is 0.450. The standard InChI is InChI=1S/C12H10N6O2/c19-9-2-1-8(10(20)5-9)6-13-15-11-3-4-12-16-14-7-18(12)17-11/h1-7,19-20H,(H,15,17)/b13-6+. The van der Waals surface area contributed by atoms with Crippen molar-refractivity contribution in [1.82, 2.24) is 19.8 Å². The Morgan fingerprint density at radius 1 is 1.20 bits per heavy atom. The SMILES string of the molecule is Oc1ccc(/C=N/Nc2ccc3nncn3n2)c(O)c1. The van der Waals surface area contributed by atoms with Crippen LogP contribution in [0.4, 0.5) is 5.82 Å². The summed E-state index contributed by atoms with van der Waals surface area (Å²) in [6.07, 6.45) is 2.91. The van der Waals surface area contributed by atoms with E-state index < -0.39 is 0 Å². The van der Waals surface area contributed by atoms with Crippen molar-refractivity contribution in [3.8, 4) is 11.5 Å². The number of anilines is 1. The van der Waals surface area contributed by atoms with Crippen LogP contribution in [0.2, 0.25) is 0 Å². The summed E-state index contributed by atoms with van der Waals surface area (Å²) in [7, 11) is 0. The number of rotatable bonds is 3. The Balaban J connectivity index is 1.76. The molecule has 0 bridgehead atoms. The topological polar surface area (TPSA) is 108 Å². The number of fused-ring (bicyclic) bond motifs is 1. The molecule has 3 aromatic rings. The van der Waals surface area contributed by atoms with Crippen LogP contribution in [0.5, 0.6) is 11.5 Å². The minimum atomic E-state index is -0.0576. The average molecular weight is 270 g/mol. The number of hydrogen-bond acceptors (Lipinski definition) is 7. The fourth-order valence-corrected chi connectivity index (χ4v) is 1.60. The van der Waals surface area contributed by atoms with Gasteiger partial charge < -0.3 is 10.2 Å². The smallest absolute Gasteiger partial charge is 0.177 e. The molecule has 0 aliphatic rings. The van der Waals surface area contributed by atoms with Gasteiger partial charge in [-0.1, -0.05) is 0 Å². The molecule has 1 aromatic carbocycles. The van der Waals surface area contributed by atoms with Crippen molar-refractivity contribution in [2.75, 3.05) is 5.43 Å². The second kappa shape index (κ2) is 4.84.